The van der Waals surface area contributed by atoms with Crippen LogP contribution in [0.3, 0.4) is 0 Å². The van der Waals surface area contributed by atoms with Crippen molar-refractivity contribution in [3.63, 3.8) is 0 Å². The van der Waals surface area contributed by atoms with Crippen LogP contribution in [0.25, 0.3) is 17.3 Å². The van der Waals surface area contributed by atoms with Crippen LogP contribution in [0.15, 0.2) is 30.3 Å². The molecule has 0 aliphatic rings. The number of benzene rings is 1. The number of halogens is 1. The van der Waals surface area contributed by atoms with E-state index < -0.39 is 63.9 Å². The third-order valence-corrected chi connectivity index (χ3v) is 7.66. The zero-order chi connectivity index (χ0) is 36.0. The van der Waals surface area contributed by atoms with E-state index in [9.17, 15) is 27.8 Å². The molecule has 0 spiro atoms. The van der Waals surface area contributed by atoms with E-state index in [2.05, 4.69) is 19.6 Å². The molecule has 0 aliphatic carbocycles. The van der Waals surface area contributed by atoms with Gasteiger partial charge < -0.3 is 19.7 Å². The normalized spacial score (nSPS) is 14.2. The fourth-order valence-electron chi connectivity index (χ4n) is 4.08. The molecule has 1 aromatic heterocycles. The molecule has 0 saturated carbocycles. The molecule has 0 radical (unpaired) electrons. The number of nitrogens with zero attached hydrogens (tertiary/aromatic N) is 5. The summed E-state index contributed by atoms with van der Waals surface area (Å²) in [6, 6.07) is 5.41. The number of aliphatic hydroxyl groups is 2. The van der Waals surface area contributed by atoms with Crippen LogP contribution in [0.1, 0.15) is 50.3 Å². The van der Waals surface area contributed by atoms with Gasteiger partial charge in [-0.25, -0.2) is 36.8 Å². The third-order valence-electron chi connectivity index (χ3n) is 6.50. The van der Waals surface area contributed by atoms with Crippen molar-refractivity contribution in [2.75, 3.05) is 44.0 Å². The van der Waals surface area contributed by atoms with Gasteiger partial charge in [-0.1, -0.05) is 26.0 Å². The first kappa shape index (κ1) is 40.9. The zero-order valence-corrected chi connectivity index (χ0v) is 27.6. The molecule has 3 unspecified atom stereocenters. The van der Waals surface area contributed by atoms with Gasteiger partial charge in [-0.05, 0) is 30.2 Å². The van der Waals surface area contributed by atoms with Gasteiger partial charge >= 0.3 is 5.97 Å². The molecule has 1 heterocycles. The second-order valence-corrected chi connectivity index (χ2v) is 12.7. The second-order valence-electron chi connectivity index (χ2n) is 10.7. The maximum Gasteiger partial charge on any atom is 0.308 e. The number of esters is 1. The van der Waals surface area contributed by atoms with Crippen LogP contribution < -0.4 is 4.31 Å². The molecule has 2 rings (SSSR count). The average Bonchev–Trinajstić information content (AvgIpc) is 2.99. The number of carbonyl (C=O) groups is 1. The van der Waals surface area contributed by atoms with Crippen LogP contribution in [0.2, 0.25) is 0 Å². The lowest BCUT2D eigenvalue weighted by atomic mass is 9.97. The Morgan fingerprint density at radius 3 is 2.27 bits per heavy atom. The topological polar surface area (TPSA) is 245 Å². The van der Waals surface area contributed by atoms with Crippen molar-refractivity contribution in [2.45, 2.75) is 57.3 Å². The van der Waals surface area contributed by atoms with E-state index in [0.29, 0.717) is 16.8 Å². The number of aromatic nitrogens is 2. The van der Waals surface area contributed by atoms with Crippen molar-refractivity contribution in [1.82, 2.24) is 20.7 Å². The van der Waals surface area contributed by atoms with Gasteiger partial charge in [0.25, 0.3) is 0 Å². The first-order valence-electron chi connectivity index (χ1n) is 14.5. The highest BCUT2D eigenvalue weighted by atomic mass is 32.2. The van der Waals surface area contributed by atoms with Crippen LogP contribution in [0.5, 0.6) is 0 Å². The van der Waals surface area contributed by atoms with Gasteiger partial charge in [-0.15, -0.1) is 0 Å². The number of carbonyl (C=O) groups excluding carboxylic acids is 1. The number of anilines is 1. The summed E-state index contributed by atoms with van der Waals surface area (Å²) < 4.78 is 49.3. The Bertz CT molecular complexity index is 1430. The van der Waals surface area contributed by atoms with E-state index >= 15 is 0 Å². The summed E-state index contributed by atoms with van der Waals surface area (Å²) in [5.74, 6) is -1.57. The summed E-state index contributed by atoms with van der Waals surface area (Å²) in [5.41, 5.74) is 1.64. The minimum absolute atomic E-state index is 0.0154. The maximum atomic E-state index is 13.7. The minimum Gasteiger partial charge on any atom is -0.463 e. The van der Waals surface area contributed by atoms with Crippen molar-refractivity contribution in [2.24, 2.45) is 0 Å². The molecule has 18 nitrogen and oxygen atoms in total. The van der Waals surface area contributed by atoms with Gasteiger partial charge in [0.1, 0.15) is 25.1 Å². The SMILES string of the molecule is CC(C)c1nc(N(C)S(C)(=O)=O)nc(-c2ccc(F)cc2)c1/C=C/C(O)CC(O)CC(=O)OCCOCCC(CON(O)O)ON(O)O. The summed E-state index contributed by atoms with van der Waals surface area (Å²) in [6.07, 6.45) is -0.316. The number of ether oxygens (including phenoxy) is 2. The molecule has 270 valence electrons. The van der Waals surface area contributed by atoms with E-state index in [4.69, 9.17) is 30.3 Å². The lowest BCUT2D eigenvalue weighted by molar-refractivity contribution is -0.527. The molecule has 2 aromatic rings. The van der Waals surface area contributed by atoms with Crippen LogP contribution in [0, 0.1) is 5.82 Å². The summed E-state index contributed by atoms with van der Waals surface area (Å²) in [7, 11) is -2.40. The van der Waals surface area contributed by atoms with Crippen molar-refractivity contribution in [1.29, 1.82) is 0 Å². The highest BCUT2D eigenvalue weighted by Crippen LogP contribution is 2.31. The minimum atomic E-state index is -3.71. The van der Waals surface area contributed by atoms with Crippen LogP contribution in [-0.2, 0) is 34.0 Å². The first-order valence-corrected chi connectivity index (χ1v) is 16.4. The van der Waals surface area contributed by atoms with Gasteiger partial charge in [-0.2, -0.15) is 0 Å². The largest absolute Gasteiger partial charge is 0.463 e. The number of sulfonamides is 1. The van der Waals surface area contributed by atoms with Crippen molar-refractivity contribution >= 4 is 28.0 Å². The lowest BCUT2D eigenvalue weighted by Crippen LogP contribution is -2.32. The van der Waals surface area contributed by atoms with Gasteiger partial charge in [-0.3, -0.25) is 25.6 Å². The molecule has 0 amide bonds. The Morgan fingerprint density at radius 1 is 1.02 bits per heavy atom. The molecule has 1 aromatic carbocycles. The number of hydrogen-bond donors (Lipinski definition) is 6. The molecular formula is C28H42FN5O13S. The summed E-state index contributed by atoms with van der Waals surface area (Å²) >= 11 is 0. The average molecular weight is 708 g/mol. The molecule has 6 N–H and O–H groups in total. The second kappa shape index (κ2) is 19.7. The maximum absolute atomic E-state index is 13.7. The zero-order valence-electron chi connectivity index (χ0n) is 26.8. The Morgan fingerprint density at radius 2 is 1.69 bits per heavy atom. The van der Waals surface area contributed by atoms with Crippen molar-refractivity contribution < 1.29 is 67.8 Å². The molecule has 0 saturated heterocycles. The highest BCUT2D eigenvalue weighted by molar-refractivity contribution is 7.92. The van der Waals surface area contributed by atoms with Gasteiger partial charge in [0.05, 0.1) is 53.7 Å². The summed E-state index contributed by atoms with van der Waals surface area (Å²) in [6.45, 7) is 2.92. The molecule has 0 aliphatic heterocycles. The molecule has 0 bridgehead atoms. The Balaban J connectivity index is 2.00. The van der Waals surface area contributed by atoms with Gasteiger partial charge in [0.2, 0.25) is 16.0 Å². The van der Waals surface area contributed by atoms with Gasteiger partial charge in [0, 0.05) is 37.6 Å². The summed E-state index contributed by atoms with van der Waals surface area (Å²) in [5, 5.41) is 54.5. The van der Waals surface area contributed by atoms with E-state index in [-0.39, 0.29) is 50.2 Å². The Kier molecular flexibility index (Phi) is 16.8. The Labute approximate surface area is 276 Å². The number of rotatable bonds is 21. The molecule has 0 fully saturated rings. The van der Waals surface area contributed by atoms with Crippen LogP contribution >= 0.6 is 0 Å². The standard InChI is InChI=1S/C28H42FN5O13S/c1-18(2)26-24(27(19-5-7-20(29)8-6-19)31-28(30-26)32(3)48(4,42)43)10-9-21(35)15-22(36)16-25(37)45-14-13-44-12-11-23(47-34(40)41)17-46-33(38)39/h5-10,18,21-23,35-36,38-41H,11-17H2,1-4H3/b10-9+. The predicted molar refractivity (Wildman–Crippen MR) is 163 cm³/mol. The predicted octanol–water partition coefficient (Wildman–Crippen LogP) is 1.66. The van der Waals surface area contributed by atoms with Crippen LogP contribution in [-0.4, -0.2) is 124 Å². The van der Waals surface area contributed by atoms with Gasteiger partial charge in [0.15, 0.2) is 0 Å². The summed E-state index contributed by atoms with van der Waals surface area (Å²) in [4.78, 5) is 29.9. The molecular weight excluding hydrogens is 665 g/mol. The number of hydrogen-bond acceptors (Lipinski definition) is 17. The first-order chi connectivity index (χ1) is 22.5. The van der Waals surface area contributed by atoms with Crippen molar-refractivity contribution in [3.05, 3.63) is 47.4 Å². The number of aliphatic hydroxyl groups excluding tert-OH is 2. The quantitative estimate of drug-likeness (QED) is 0.0613. The third kappa shape index (κ3) is 14.5. The molecule has 20 heteroatoms. The molecule has 48 heavy (non-hydrogen) atoms. The monoisotopic (exact) mass is 707 g/mol. The fourth-order valence-corrected chi connectivity index (χ4v) is 4.45. The van der Waals surface area contributed by atoms with E-state index in [1.807, 2.05) is 13.8 Å². The van der Waals surface area contributed by atoms with E-state index in [0.717, 1.165) is 10.6 Å². The van der Waals surface area contributed by atoms with E-state index in [1.54, 1.807) is 0 Å². The van der Waals surface area contributed by atoms with Crippen molar-refractivity contribution in [3.8, 4) is 11.3 Å². The molecule has 3 atom stereocenters. The highest BCUT2D eigenvalue weighted by Gasteiger charge is 2.23. The Hall–Kier alpha value is -3.25. The van der Waals surface area contributed by atoms with Crippen LogP contribution in [0.4, 0.5) is 10.3 Å². The lowest BCUT2D eigenvalue weighted by Gasteiger charge is -2.20. The smallest absolute Gasteiger partial charge is 0.308 e. The van der Waals surface area contributed by atoms with E-state index in [1.165, 1.54) is 43.5 Å². The fraction of sp³-hybridized carbons (Fsp3) is 0.536.